The number of hydroxylamine groups is 2. The topological polar surface area (TPSA) is 38.2 Å². The summed E-state index contributed by atoms with van der Waals surface area (Å²) in [5.74, 6) is 0.636. The van der Waals surface area contributed by atoms with Crippen molar-refractivity contribution in [3.8, 4) is 5.88 Å². The van der Waals surface area contributed by atoms with Crippen molar-refractivity contribution in [2.24, 2.45) is 0 Å². The van der Waals surface area contributed by atoms with Crippen LogP contribution in [0.4, 0.5) is 0 Å². The van der Waals surface area contributed by atoms with Crippen LogP contribution in [0.25, 0.3) is 0 Å². The lowest BCUT2D eigenvalue weighted by Crippen LogP contribution is -2.33. The van der Waals surface area contributed by atoms with Gasteiger partial charge < -0.3 is 4.84 Å². The first-order valence-electron chi connectivity index (χ1n) is 4.64. The Labute approximate surface area is 77.5 Å². The summed E-state index contributed by atoms with van der Waals surface area (Å²) >= 11 is 0. The second-order valence-corrected chi connectivity index (χ2v) is 3.13. The Bertz CT molecular complexity index is 246. The number of hydrogen-bond donors (Lipinski definition) is 0. The van der Waals surface area contributed by atoms with Crippen LogP contribution in [0.1, 0.15) is 19.3 Å². The molecular weight excluding hydrogens is 166 g/mol. The minimum Gasteiger partial charge on any atom is -0.386 e. The minimum atomic E-state index is 0.636. The van der Waals surface area contributed by atoms with Crippen molar-refractivity contribution >= 4 is 0 Å². The molecule has 0 atom stereocenters. The van der Waals surface area contributed by atoms with Crippen molar-refractivity contribution < 1.29 is 4.84 Å². The van der Waals surface area contributed by atoms with E-state index < -0.39 is 0 Å². The fourth-order valence-corrected chi connectivity index (χ4v) is 1.42. The maximum atomic E-state index is 5.54. The number of aromatic nitrogens is 2. The van der Waals surface area contributed by atoms with E-state index in [0.29, 0.717) is 5.88 Å². The normalized spacial score (nSPS) is 18.5. The maximum Gasteiger partial charge on any atom is 0.241 e. The largest absolute Gasteiger partial charge is 0.386 e. The third kappa shape index (κ3) is 2.39. The molecule has 0 bridgehead atoms. The van der Waals surface area contributed by atoms with Crippen LogP contribution in [-0.2, 0) is 0 Å². The van der Waals surface area contributed by atoms with Gasteiger partial charge in [-0.05, 0) is 12.8 Å². The van der Waals surface area contributed by atoms with Crippen molar-refractivity contribution in [3.63, 3.8) is 0 Å². The fourth-order valence-electron chi connectivity index (χ4n) is 1.42. The van der Waals surface area contributed by atoms with Gasteiger partial charge in [-0.25, -0.2) is 9.97 Å². The van der Waals surface area contributed by atoms with Gasteiger partial charge in [-0.2, -0.15) is 0 Å². The van der Waals surface area contributed by atoms with E-state index in [2.05, 4.69) is 9.97 Å². The van der Waals surface area contributed by atoms with Crippen LogP contribution < -0.4 is 4.84 Å². The first-order valence-corrected chi connectivity index (χ1v) is 4.64. The molecule has 2 heterocycles. The minimum absolute atomic E-state index is 0.636. The Morgan fingerprint density at radius 3 is 2.77 bits per heavy atom. The number of hydrogen-bond acceptors (Lipinski definition) is 4. The monoisotopic (exact) mass is 179 g/mol. The molecule has 1 fully saturated rings. The molecule has 2 rings (SSSR count). The summed E-state index contributed by atoms with van der Waals surface area (Å²) in [5.41, 5.74) is 0. The SMILES string of the molecule is c1cc(ON2CCCCC2)ncn1. The molecule has 0 aromatic carbocycles. The molecule has 70 valence electrons. The van der Waals surface area contributed by atoms with E-state index >= 15 is 0 Å². The van der Waals surface area contributed by atoms with Gasteiger partial charge >= 0.3 is 0 Å². The zero-order valence-corrected chi connectivity index (χ0v) is 7.52. The molecule has 1 aliphatic rings. The molecule has 13 heavy (non-hydrogen) atoms. The second kappa shape index (κ2) is 4.18. The lowest BCUT2D eigenvalue weighted by molar-refractivity contribution is -0.0759. The lowest BCUT2D eigenvalue weighted by Gasteiger charge is -2.25. The van der Waals surface area contributed by atoms with Crippen LogP contribution in [0.15, 0.2) is 18.6 Å². The number of nitrogens with zero attached hydrogens (tertiary/aromatic N) is 3. The highest BCUT2D eigenvalue weighted by molar-refractivity contribution is 5.03. The molecule has 0 aliphatic carbocycles. The van der Waals surface area contributed by atoms with Crippen molar-refractivity contribution in [1.29, 1.82) is 0 Å². The van der Waals surface area contributed by atoms with Crippen LogP contribution >= 0.6 is 0 Å². The van der Waals surface area contributed by atoms with Gasteiger partial charge in [0.25, 0.3) is 0 Å². The predicted molar refractivity (Wildman–Crippen MR) is 48.1 cm³/mol. The first-order chi connectivity index (χ1) is 6.45. The summed E-state index contributed by atoms with van der Waals surface area (Å²) < 4.78 is 0. The predicted octanol–water partition coefficient (Wildman–Crippen LogP) is 1.26. The van der Waals surface area contributed by atoms with E-state index in [1.807, 2.05) is 5.06 Å². The maximum absolute atomic E-state index is 5.54. The summed E-state index contributed by atoms with van der Waals surface area (Å²) in [5, 5.41) is 1.96. The molecule has 1 aromatic rings. The van der Waals surface area contributed by atoms with E-state index in [-0.39, 0.29) is 0 Å². The average molecular weight is 179 g/mol. The molecule has 4 nitrogen and oxygen atoms in total. The van der Waals surface area contributed by atoms with Crippen molar-refractivity contribution in [2.75, 3.05) is 13.1 Å². The van der Waals surface area contributed by atoms with E-state index in [9.17, 15) is 0 Å². The number of piperidine rings is 1. The second-order valence-electron chi connectivity index (χ2n) is 3.13. The van der Waals surface area contributed by atoms with Crippen molar-refractivity contribution in [2.45, 2.75) is 19.3 Å². The van der Waals surface area contributed by atoms with Crippen LogP contribution in [0.3, 0.4) is 0 Å². The van der Waals surface area contributed by atoms with Gasteiger partial charge in [0.2, 0.25) is 5.88 Å². The molecular formula is C9H13N3O. The fraction of sp³-hybridized carbons (Fsp3) is 0.556. The standard InChI is InChI=1S/C9H13N3O/c1-2-6-12(7-3-1)13-9-4-5-10-8-11-9/h4-5,8H,1-3,6-7H2. The zero-order valence-electron chi connectivity index (χ0n) is 7.52. The molecule has 1 aliphatic heterocycles. The summed E-state index contributed by atoms with van der Waals surface area (Å²) in [4.78, 5) is 13.4. The average Bonchev–Trinajstić information content (AvgIpc) is 2.21. The molecule has 0 unspecified atom stereocenters. The molecule has 0 amide bonds. The molecule has 0 N–H and O–H groups in total. The number of rotatable bonds is 2. The van der Waals surface area contributed by atoms with Crippen LogP contribution in [0.2, 0.25) is 0 Å². The molecule has 0 spiro atoms. The Hall–Kier alpha value is -1.16. The van der Waals surface area contributed by atoms with E-state index in [1.54, 1.807) is 12.3 Å². The Morgan fingerprint density at radius 2 is 2.08 bits per heavy atom. The highest BCUT2D eigenvalue weighted by Crippen LogP contribution is 2.11. The van der Waals surface area contributed by atoms with Crippen molar-refractivity contribution in [3.05, 3.63) is 18.6 Å². The van der Waals surface area contributed by atoms with Gasteiger partial charge in [-0.15, -0.1) is 5.06 Å². The van der Waals surface area contributed by atoms with Crippen LogP contribution in [0, 0.1) is 0 Å². The molecule has 1 saturated heterocycles. The van der Waals surface area contributed by atoms with Gasteiger partial charge in [0.15, 0.2) is 0 Å². The van der Waals surface area contributed by atoms with E-state index in [4.69, 9.17) is 4.84 Å². The molecule has 0 radical (unpaired) electrons. The third-order valence-electron chi connectivity index (χ3n) is 2.09. The Balaban J connectivity index is 1.90. The first kappa shape index (κ1) is 8.44. The summed E-state index contributed by atoms with van der Waals surface area (Å²) in [6.45, 7) is 2.01. The van der Waals surface area contributed by atoms with Crippen molar-refractivity contribution in [1.82, 2.24) is 15.0 Å². The van der Waals surface area contributed by atoms with Crippen LogP contribution in [-0.4, -0.2) is 28.1 Å². The Morgan fingerprint density at radius 1 is 1.23 bits per heavy atom. The lowest BCUT2D eigenvalue weighted by atomic mass is 10.2. The van der Waals surface area contributed by atoms with Gasteiger partial charge in [0.1, 0.15) is 6.33 Å². The highest BCUT2D eigenvalue weighted by Gasteiger charge is 2.11. The quantitative estimate of drug-likeness (QED) is 0.685. The van der Waals surface area contributed by atoms with E-state index in [1.165, 1.54) is 25.6 Å². The Kier molecular flexibility index (Phi) is 2.72. The van der Waals surface area contributed by atoms with Gasteiger partial charge in [0.05, 0.1) is 0 Å². The van der Waals surface area contributed by atoms with E-state index in [0.717, 1.165) is 13.1 Å². The summed E-state index contributed by atoms with van der Waals surface area (Å²) in [7, 11) is 0. The van der Waals surface area contributed by atoms with Gasteiger partial charge in [-0.1, -0.05) is 6.42 Å². The summed E-state index contributed by atoms with van der Waals surface area (Å²) in [6.07, 6.45) is 6.92. The van der Waals surface area contributed by atoms with Gasteiger partial charge in [0, 0.05) is 25.4 Å². The van der Waals surface area contributed by atoms with Gasteiger partial charge in [-0.3, -0.25) is 0 Å². The third-order valence-corrected chi connectivity index (χ3v) is 2.09. The molecule has 1 aromatic heterocycles. The molecule has 4 heteroatoms. The van der Waals surface area contributed by atoms with Crippen LogP contribution in [0.5, 0.6) is 5.88 Å². The molecule has 0 saturated carbocycles. The zero-order chi connectivity index (χ0) is 8.93. The summed E-state index contributed by atoms with van der Waals surface area (Å²) in [6, 6.07) is 1.77. The smallest absolute Gasteiger partial charge is 0.241 e. The highest BCUT2D eigenvalue weighted by atomic mass is 16.7.